The van der Waals surface area contributed by atoms with Crippen LogP contribution in [0.5, 0.6) is 17.2 Å². The minimum absolute atomic E-state index is 0.00109. The molecule has 0 saturated carbocycles. The van der Waals surface area contributed by atoms with Crippen molar-refractivity contribution in [1.29, 1.82) is 0 Å². The van der Waals surface area contributed by atoms with Crippen molar-refractivity contribution in [3.05, 3.63) is 191 Å². The molecular weight excluding hydrogens is 1750 g/mol. The number of thiocarbonyl (C=S) groups is 3. The summed E-state index contributed by atoms with van der Waals surface area (Å²) in [5.41, 5.74) is 13.3. The van der Waals surface area contributed by atoms with Crippen LogP contribution in [-0.2, 0) is 47.9 Å². The summed E-state index contributed by atoms with van der Waals surface area (Å²) in [5.74, 6) is 5.27. The zero-order chi connectivity index (χ0) is 82.5. The van der Waals surface area contributed by atoms with Crippen molar-refractivity contribution in [3.63, 3.8) is 0 Å². The molecule has 28 heteroatoms. The van der Waals surface area contributed by atoms with E-state index in [9.17, 15) is 14.4 Å². The second-order valence-electron chi connectivity index (χ2n) is 31.9. The van der Waals surface area contributed by atoms with E-state index in [0.717, 1.165) is 162 Å². The van der Waals surface area contributed by atoms with Gasteiger partial charge in [-0.05, 0) is 229 Å². The Labute approximate surface area is 732 Å². The number of hydrogen-bond acceptors (Lipinski definition) is 16. The number of carbonyl (C=O) groups excluding carboxylic acids is 3. The van der Waals surface area contributed by atoms with Crippen LogP contribution in [0.15, 0.2) is 141 Å². The van der Waals surface area contributed by atoms with Gasteiger partial charge in [0.05, 0.1) is 57.8 Å². The van der Waals surface area contributed by atoms with Crippen molar-refractivity contribution in [2.75, 3.05) is 132 Å². The molecule has 4 fully saturated rings. The van der Waals surface area contributed by atoms with Gasteiger partial charge in [-0.25, -0.2) is 0 Å². The highest BCUT2D eigenvalue weighted by Gasteiger charge is 2.54. The van der Waals surface area contributed by atoms with E-state index in [1.54, 1.807) is 36.0 Å². The first-order valence-electron chi connectivity index (χ1n) is 40.8. The average molecular weight is 1860 g/mol. The van der Waals surface area contributed by atoms with E-state index in [1.165, 1.54) is 41.3 Å². The highest BCUT2D eigenvalue weighted by Crippen LogP contribution is 2.49. The number of thioether (sulfide) groups is 1. The Morgan fingerprint density at radius 2 is 0.761 bits per heavy atom. The first-order valence-corrected chi connectivity index (χ1v) is 45.5. The maximum Gasteiger partial charge on any atom is 0.252 e. The molecule has 9 aromatic rings. The molecule has 0 spiro atoms. The molecule has 6 unspecified atom stereocenters. The number of ether oxygens (including phenoxy) is 6. The minimum Gasteiger partial charge on any atom is -0.494 e. The number of benzene rings is 6. The third kappa shape index (κ3) is 18.6. The number of nitrogens with zero attached hydrogens (tertiary/aromatic N) is 9. The molecule has 3 N–H and O–H groups in total. The lowest BCUT2D eigenvalue weighted by atomic mass is 9.89. The predicted molar refractivity (Wildman–Crippen MR) is 488 cm³/mol. The summed E-state index contributed by atoms with van der Waals surface area (Å²) >= 11 is 30.7. The molecular formula is C89H107Br3N12O9S4. The minimum atomic E-state index is -0.324. The number of fused-ring (bicyclic) bond motifs is 12. The fourth-order valence-electron chi connectivity index (χ4n) is 17.5. The second-order valence-corrected chi connectivity index (χ2v) is 36.9. The largest absolute Gasteiger partial charge is 0.494 e. The van der Waals surface area contributed by atoms with Crippen molar-refractivity contribution < 1.29 is 42.8 Å². The number of likely N-dealkylation sites (N-methyl/N-ethyl adjacent to an activating group) is 1. The van der Waals surface area contributed by atoms with Crippen LogP contribution in [0.4, 0.5) is 0 Å². The monoisotopic (exact) mass is 1850 g/mol. The van der Waals surface area contributed by atoms with E-state index in [2.05, 4.69) is 184 Å². The molecule has 7 aliphatic heterocycles. The number of carbonyl (C=O) groups is 3. The summed E-state index contributed by atoms with van der Waals surface area (Å²) in [6.45, 7) is 24.2. The van der Waals surface area contributed by atoms with Crippen LogP contribution in [0.1, 0.15) is 129 Å². The summed E-state index contributed by atoms with van der Waals surface area (Å²) in [5, 5.41) is 5.26. The molecule has 3 amide bonds. The Morgan fingerprint density at radius 1 is 0.436 bits per heavy atom. The summed E-state index contributed by atoms with van der Waals surface area (Å²) in [4.78, 5) is 70.6. The van der Waals surface area contributed by atoms with Gasteiger partial charge in [0.25, 0.3) is 17.7 Å². The maximum absolute atomic E-state index is 13.6. The first kappa shape index (κ1) is 86.4. The molecule has 6 aromatic carbocycles. The van der Waals surface area contributed by atoms with Crippen LogP contribution in [0, 0.1) is 0 Å². The van der Waals surface area contributed by atoms with Gasteiger partial charge >= 0.3 is 0 Å². The Hall–Kier alpha value is -7.03. The quantitative estimate of drug-likeness (QED) is 0.0285. The Kier molecular flexibility index (Phi) is 28.6. The molecule has 4 saturated heterocycles. The van der Waals surface area contributed by atoms with Gasteiger partial charge in [0.2, 0.25) is 0 Å². The van der Waals surface area contributed by atoms with Gasteiger partial charge in [-0.1, -0.05) is 84.2 Å². The summed E-state index contributed by atoms with van der Waals surface area (Å²) in [6, 6.07) is 42.2. The van der Waals surface area contributed by atoms with Crippen LogP contribution in [0.3, 0.4) is 0 Å². The van der Waals surface area contributed by atoms with Gasteiger partial charge < -0.3 is 67.9 Å². The standard InChI is InChI=1S/C31H39BrN4O4S.C29H35BrN4O3S.C29H33BrN4O2S2/c1-20(2)35-30(37)27-19-25-24-18-22(32)8-11-26(24)33-28(25)29(36(27)31(35)41)21-6-9-23(10-7-21)40-15-5-12-34(13-16-38-3)14-17-39-4;1-18(2)33-28(35)25-17-23-22-16-20(30)8-11-24(22)31-26(23)27(34(25)29(33)38)19-6-9-21(10-7-19)37-14-5-12-32(3)13-15-36-4;1-18(2)33-28(35)25-17-23-22-16-20(30)6-9-24(22)31-26(23)27(34(25)29(33)37)19-4-7-21(8-5-19)36-13-3-10-32-11-14-38-15-12-32/h6-11,18,20,27,29,33H,5,12-17,19H2,1-4H3;6-11,16,18,25,27,31H,5,12-15,17H2,1-4H3;4-9,16,18,25,27,31H,3,10-15,17H2,1-2H3. The third-order valence-electron chi connectivity index (χ3n) is 23.3. The average Bonchev–Trinajstić information content (AvgIpc) is 1.58. The molecule has 117 heavy (non-hydrogen) atoms. The predicted octanol–water partition coefficient (Wildman–Crippen LogP) is 15.9. The molecule has 0 aliphatic carbocycles. The number of hydrogen-bond donors (Lipinski definition) is 3. The molecule has 0 radical (unpaired) electrons. The molecule has 21 nitrogen and oxygen atoms in total. The highest BCUT2D eigenvalue weighted by molar-refractivity contribution is 9.11. The van der Waals surface area contributed by atoms with Gasteiger partial charge in [-0.3, -0.25) is 34.0 Å². The maximum atomic E-state index is 13.6. The third-order valence-corrected chi connectivity index (χ3v) is 26.9. The Morgan fingerprint density at radius 3 is 1.09 bits per heavy atom. The number of methoxy groups -OCH3 is 3. The topological polar surface area (TPSA) is 183 Å². The van der Waals surface area contributed by atoms with E-state index in [4.69, 9.17) is 65.1 Å². The lowest BCUT2D eigenvalue weighted by Gasteiger charge is -2.37. The molecule has 10 heterocycles. The van der Waals surface area contributed by atoms with Crippen LogP contribution >= 0.6 is 96.2 Å². The number of halogens is 3. The van der Waals surface area contributed by atoms with Gasteiger partial charge in [0, 0.05) is 186 Å². The van der Waals surface area contributed by atoms with E-state index >= 15 is 0 Å². The van der Waals surface area contributed by atoms with Crippen LogP contribution in [-0.4, -0.2) is 260 Å². The summed E-state index contributed by atoms with van der Waals surface area (Å²) in [6.07, 6.45) is 4.77. The number of aromatic nitrogens is 3. The van der Waals surface area contributed by atoms with Crippen molar-refractivity contribution in [3.8, 4) is 17.2 Å². The van der Waals surface area contributed by atoms with Crippen molar-refractivity contribution >= 4 is 162 Å². The number of rotatable bonds is 30. The van der Waals surface area contributed by atoms with Gasteiger partial charge in [0.1, 0.15) is 35.4 Å². The Bertz CT molecular complexity index is 5030. The van der Waals surface area contributed by atoms with Gasteiger partial charge in [-0.15, -0.1) is 0 Å². The van der Waals surface area contributed by atoms with E-state index in [-0.39, 0.29) is 72.1 Å². The lowest BCUT2D eigenvalue weighted by molar-refractivity contribution is -0.130. The molecule has 7 aliphatic rings. The molecule has 0 bridgehead atoms. The molecule has 622 valence electrons. The molecule has 16 rings (SSSR count). The number of nitrogens with one attached hydrogen (secondary N) is 3. The summed E-state index contributed by atoms with van der Waals surface area (Å²) in [7, 11) is 7.27. The SMILES string of the molecule is CC(C)N1C(=O)C2Cc3c([nH]c4ccc(Br)cc34)C(c3ccc(OCCCN4CCSCC4)cc3)N2C1=S.COCCN(C)CCCOc1ccc(C2c3[nH]c4ccc(Br)cc4c3CC3C(=O)N(C(C)C)C(=S)N32)cc1.COCCN(CCCOc1ccc(C2c3[nH]c4ccc(Br)cc4c3CC3C(=O)N(C(C)C)C(=S)N32)cc1)CCOC. The number of amides is 3. The van der Waals surface area contributed by atoms with Gasteiger partial charge in [0.15, 0.2) is 15.3 Å². The fraction of sp³-hybridized carbons (Fsp3) is 0.461. The van der Waals surface area contributed by atoms with Crippen molar-refractivity contribution in [2.24, 2.45) is 0 Å². The molecule has 6 atom stereocenters. The lowest BCUT2D eigenvalue weighted by Crippen LogP contribution is -2.44. The zero-order valence-corrected chi connectivity index (χ0v) is 76.4. The van der Waals surface area contributed by atoms with E-state index < -0.39 is 0 Å². The first-order chi connectivity index (χ1) is 56.5. The number of H-pyrrole nitrogens is 3. The normalized spacial score (nSPS) is 19.8. The van der Waals surface area contributed by atoms with Crippen molar-refractivity contribution in [2.45, 2.75) is 134 Å². The smallest absolute Gasteiger partial charge is 0.252 e. The highest BCUT2D eigenvalue weighted by atomic mass is 79.9. The zero-order valence-electron chi connectivity index (χ0n) is 68.3. The van der Waals surface area contributed by atoms with Crippen LogP contribution < -0.4 is 14.2 Å². The summed E-state index contributed by atoms with van der Waals surface area (Å²) < 4.78 is 36.9. The fourth-order valence-corrected chi connectivity index (χ4v) is 21.2. The van der Waals surface area contributed by atoms with Crippen molar-refractivity contribution in [1.82, 2.24) is 59.1 Å². The molecule has 3 aromatic heterocycles. The van der Waals surface area contributed by atoms with Crippen LogP contribution in [0.25, 0.3) is 32.7 Å². The second kappa shape index (κ2) is 38.8. The number of aromatic amines is 3. The van der Waals surface area contributed by atoms with E-state index in [1.807, 2.05) is 95.8 Å². The van der Waals surface area contributed by atoms with Gasteiger partial charge in [-0.2, -0.15) is 11.8 Å². The Balaban J connectivity index is 0.000000145. The van der Waals surface area contributed by atoms with E-state index in [0.29, 0.717) is 67.6 Å². The van der Waals surface area contributed by atoms with Crippen LogP contribution in [0.2, 0.25) is 0 Å².